The molecule has 0 aliphatic carbocycles. The predicted molar refractivity (Wildman–Crippen MR) is 79.5 cm³/mol. The zero-order chi connectivity index (χ0) is 15.5. The summed E-state index contributed by atoms with van der Waals surface area (Å²) in [4.78, 5) is 11.5. The Morgan fingerprint density at radius 2 is 2.00 bits per heavy atom. The Morgan fingerprint density at radius 3 is 2.67 bits per heavy atom. The number of carbonyl (C=O) groups excluding carboxylic acids is 1. The van der Waals surface area contributed by atoms with Crippen LogP contribution in [-0.4, -0.2) is 28.6 Å². The van der Waals surface area contributed by atoms with Gasteiger partial charge in [-0.05, 0) is 23.6 Å². The van der Waals surface area contributed by atoms with Crippen LogP contribution in [0.3, 0.4) is 0 Å². The third-order valence-corrected chi connectivity index (χ3v) is 5.06. The van der Waals surface area contributed by atoms with Crippen molar-refractivity contribution >= 4 is 33.0 Å². The van der Waals surface area contributed by atoms with E-state index in [9.17, 15) is 13.2 Å². The molecule has 0 amide bonds. The number of benzene rings is 1. The summed E-state index contributed by atoms with van der Waals surface area (Å²) < 4.78 is 36.7. The molecule has 8 heteroatoms. The first-order valence-corrected chi connectivity index (χ1v) is 8.17. The second kappa shape index (κ2) is 6.15. The average Bonchev–Trinajstić information content (AvgIpc) is 2.96. The van der Waals surface area contributed by atoms with E-state index in [4.69, 9.17) is 4.74 Å². The summed E-state index contributed by atoms with van der Waals surface area (Å²) in [5.74, 6) is -0.162. The van der Waals surface area contributed by atoms with Gasteiger partial charge in [0.15, 0.2) is 0 Å². The highest BCUT2D eigenvalue weighted by Gasteiger charge is 2.24. The second-order valence-electron chi connectivity index (χ2n) is 3.94. The molecule has 1 aromatic carbocycles. The monoisotopic (exact) mass is 327 g/mol. The summed E-state index contributed by atoms with van der Waals surface area (Å²) in [6.45, 7) is 0. The van der Waals surface area contributed by atoms with Crippen LogP contribution in [0.5, 0.6) is 5.75 Å². The number of nitrogens with one attached hydrogen (secondary N) is 1. The van der Waals surface area contributed by atoms with Crippen molar-refractivity contribution in [1.82, 2.24) is 0 Å². The summed E-state index contributed by atoms with van der Waals surface area (Å²) in [6, 6.07) is 7.85. The molecule has 0 radical (unpaired) electrons. The Balaban J connectivity index is 2.34. The van der Waals surface area contributed by atoms with E-state index < -0.39 is 16.0 Å². The molecule has 2 rings (SSSR count). The number of carbonyl (C=O) groups is 1. The lowest BCUT2D eigenvalue weighted by Gasteiger charge is -2.09. The van der Waals surface area contributed by atoms with Crippen LogP contribution in [0.15, 0.2) is 40.6 Å². The van der Waals surface area contributed by atoms with Crippen LogP contribution in [0.2, 0.25) is 0 Å². The molecule has 0 aliphatic heterocycles. The number of rotatable bonds is 5. The zero-order valence-corrected chi connectivity index (χ0v) is 13.0. The van der Waals surface area contributed by atoms with Crippen LogP contribution >= 0.6 is 11.3 Å². The fourth-order valence-corrected chi connectivity index (χ4v) is 4.03. The van der Waals surface area contributed by atoms with Crippen LogP contribution in [0, 0.1) is 0 Å². The van der Waals surface area contributed by atoms with Gasteiger partial charge in [-0.3, -0.25) is 4.72 Å². The van der Waals surface area contributed by atoms with Gasteiger partial charge in [-0.15, -0.1) is 11.3 Å². The van der Waals surface area contributed by atoms with Crippen molar-refractivity contribution in [1.29, 1.82) is 0 Å². The maximum atomic E-state index is 12.4. The highest BCUT2D eigenvalue weighted by molar-refractivity contribution is 7.93. The van der Waals surface area contributed by atoms with Crippen molar-refractivity contribution in [3.63, 3.8) is 0 Å². The molecule has 21 heavy (non-hydrogen) atoms. The lowest BCUT2D eigenvalue weighted by atomic mass is 10.3. The van der Waals surface area contributed by atoms with E-state index in [1.807, 2.05) is 0 Å². The maximum Gasteiger partial charge on any atom is 0.349 e. The standard InChI is InChI=1S/C13H13NO5S2/c1-18-10-5-3-4-9(8-10)14-21(16,17)11-6-7-20-12(11)13(15)19-2/h3-8,14H,1-2H3. The number of anilines is 1. The van der Waals surface area contributed by atoms with E-state index in [-0.39, 0.29) is 9.77 Å². The molecule has 0 bridgehead atoms. The fourth-order valence-electron chi connectivity index (χ4n) is 1.65. The SMILES string of the molecule is COC(=O)c1sccc1S(=O)(=O)Nc1cccc(OC)c1. The zero-order valence-electron chi connectivity index (χ0n) is 11.3. The van der Waals surface area contributed by atoms with Crippen molar-refractivity contribution in [2.75, 3.05) is 18.9 Å². The predicted octanol–water partition coefficient (Wildman–Crippen LogP) is 2.34. The van der Waals surface area contributed by atoms with Crippen LogP contribution in [0.1, 0.15) is 9.67 Å². The molecule has 0 atom stereocenters. The Bertz CT molecular complexity index is 751. The van der Waals surface area contributed by atoms with Crippen LogP contribution in [-0.2, 0) is 14.8 Å². The number of sulfonamides is 1. The molecule has 0 saturated carbocycles. The molecule has 0 spiro atoms. The van der Waals surface area contributed by atoms with Crippen molar-refractivity contribution in [3.05, 3.63) is 40.6 Å². The third-order valence-electron chi connectivity index (χ3n) is 2.61. The van der Waals surface area contributed by atoms with Gasteiger partial charge in [-0.1, -0.05) is 6.07 Å². The summed E-state index contributed by atoms with van der Waals surface area (Å²) >= 11 is 1.01. The van der Waals surface area contributed by atoms with E-state index in [2.05, 4.69) is 9.46 Å². The summed E-state index contributed by atoms with van der Waals surface area (Å²) in [6.07, 6.45) is 0. The lowest BCUT2D eigenvalue weighted by molar-refractivity contribution is 0.0602. The molecule has 2 aromatic rings. The Labute approximate surface area is 126 Å². The molecule has 6 nitrogen and oxygen atoms in total. The smallest absolute Gasteiger partial charge is 0.349 e. The molecule has 1 aromatic heterocycles. The number of hydrogen-bond acceptors (Lipinski definition) is 6. The molecular weight excluding hydrogens is 314 g/mol. The van der Waals surface area contributed by atoms with Crippen molar-refractivity contribution < 1.29 is 22.7 Å². The fraction of sp³-hybridized carbons (Fsp3) is 0.154. The Kier molecular flexibility index (Phi) is 4.49. The molecule has 1 N–H and O–H groups in total. The van der Waals surface area contributed by atoms with Gasteiger partial charge >= 0.3 is 5.97 Å². The maximum absolute atomic E-state index is 12.4. The minimum Gasteiger partial charge on any atom is -0.497 e. The highest BCUT2D eigenvalue weighted by atomic mass is 32.2. The quantitative estimate of drug-likeness (QED) is 0.853. The van der Waals surface area contributed by atoms with E-state index in [1.165, 1.54) is 25.7 Å². The first-order chi connectivity index (χ1) is 9.97. The van der Waals surface area contributed by atoms with Gasteiger partial charge in [0.05, 0.1) is 19.9 Å². The van der Waals surface area contributed by atoms with E-state index in [0.717, 1.165) is 11.3 Å². The normalized spacial score (nSPS) is 11.0. The second-order valence-corrected chi connectivity index (χ2v) is 6.51. The first kappa shape index (κ1) is 15.3. The average molecular weight is 327 g/mol. The molecule has 112 valence electrons. The minimum atomic E-state index is -3.88. The topological polar surface area (TPSA) is 81.7 Å². The van der Waals surface area contributed by atoms with Gasteiger partial charge in [0.1, 0.15) is 15.5 Å². The van der Waals surface area contributed by atoms with Gasteiger partial charge in [0.2, 0.25) is 0 Å². The molecule has 1 heterocycles. The molecule has 0 aliphatic rings. The van der Waals surface area contributed by atoms with Gasteiger partial charge in [-0.25, -0.2) is 13.2 Å². The number of ether oxygens (including phenoxy) is 2. The van der Waals surface area contributed by atoms with Gasteiger partial charge < -0.3 is 9.47 Å². The van der Waals surface area contributed by atoms with E-state index >= 15 is 0 Å². The third kappa shape index (κ3) is 3.34. The summed E-state index contributed by atoms with van der Waals surface area (Å²) in [5.41, 5.74) is 0.344. The van der Waals surface area contributed by atoms with E-state index in [1.54, 1.807) is 24.3 Å². The summed E-state index contributed by atoms with van der Waals surface area (Å²) in [7, 11) is -1.19. The number of esters is 1. The first-order valence-electron chi connectivity index (χ1n) is 5.80. The van der Waals surface area contributed by atoms with Crippen molar-refractivity contribution in [3.8, 4) is 5.75 Å². The largest absolute Gasteiger partial charge is 0.497 e. The number of thiophene rings is 1. The molecule has 0 saturated heterocycles. The minimum absolute atomic E-state index is 0.0351. The molecule has 0 unspecified atom stereocenters. The van der Waals surface area contributed by atoms with Gasteiger partial charge in [0.25, 0.3) is 10.0 Å². The van der Waals surface area contributed by atoms with Gasteiger partial charge in [-0.2, -0.15) is 0 Å². The Hall–Kier alpha value is -2.06. The van der Waals surface area contributed by atoms with Gasteiger partial charge in [0, 0.05) is 6.07 Å². The van der Waals surface area contributed by atoms with Crippen LogP contribution in [0.4, 0.5) is 5.69 Å². The molecular formula is C13H13NO5S2. The summed E-state index contributed by atoms with van der Waals surface area (Å²) in [5, 5.41) is 1.52. The van der Waals surface area contributed by atoms with Crippen molar-refractivity contribution in [2.24, 2.45) is 0 Å². The van der Waals surface area contributed by atoms with Crippen molar-refractivity contribution in [2.45, 2.75) is 4.90 Å². The number of hydrogen-bond donors (Lipinski definition) is 1. The lowest BCUT2D eigenvalue weighted by Crippen LogP contribution is -2.15. The van der Waals surface area contributed by atoms with E-state index in [0.29, 0.717) is 11.4 Å². The number of methoxy groups -OCH3 is 2. The highest BCUT2D eigenvalue weighted by Crippen LogP contribution is 2.26. The molecule has 0 fully saturated rings. The van der Waals surface area contributed by atoms with Crippen LogP contribution in [0.25, 0.3) is 0 Å². The Morgan fingerprint density at radius 1 is 1.24 bits per heavy atom. The van der Waals surface area contributed by atoms with Crippen LogP contribution < -0.4 is 9.46 Å².